The lowest BCUT2D eigenvalue weighted by Gasteiger charge is -2.36. The van der Waals surface area contributed by atoms with Crippen molar-refractivity contribution in [3.63, 3.8) is 0 Å². The van der Waals surface area contributed by atoms with Crippen LogP contribution in [-0.4, -0.2) is 60.6 Å². The predicted molar refractivity (Wildman–Crippen MR) is 135 cm³/mol. The van der Waals surface area contributed by atoms with Gasteiger partial charge in [-0.2, -0.15) is 0 Å². The van der Waals surface area contributed by atoms with Crippen LogP contribution in [0.15, 0.2) is 53.0 Å². The van der Waals surface area contributed by atoms with E-state index in [0.717, 1.165) is 6.42 Å². The van der Waals surface area contributed by atoms with E-state index in [0.29, 0.717) is 29.7 Å². The third-order valence-electron chi connectivity index (χ3n) is 5.29. The molecule has 1 heterocycles. The van der Waals surface area contributed by atoms with E-state index in [2.05, 4.69) is 26.6 Å². The molecule has 2 aromatic rings. The van der Waals surface area contributed by atoms with Gasteiger partial charge >= 0.3 is 5.97 Å². The molecule has 0 spiro atoms. The van der Waals surface area contributed by atoms with Gasteiger partial charge in [-0.1, -0.05) is 46.3 Å². The van der Waals surface area contributed by atoms with E-state index in [4.69, 9.17) is 21.7 Å². The van der Waals surface area contributed by atoms with Crippen LogP contribution in [0, 0.1) is 0 Å². The summed E-state index contributed by atoms with van der Waals surface area (Å²) in [5, 5.41) is 5.44. The molecule has 8 nitrogen and oxygen atoms in total. The molecular formula is C24H26BrN3O5S. The molecule has 0 aliphatic carbocycles. The molecule has 10 heteroatoms. The lowest BCUT2D eigenvalue weighted by atomic mass is 10.1. The van der Waals surface area contributed by atoms with Crippen LogP contribution in [0.25, 0.3) is 0 Å². The lowest BCUT2D eigenvalue weighted by molar-refractivity contribution is -0.147. The molecule has 1 saturated heterocycles. The van der Waals surface area contributed by atoms with Gasteiger partial charge in [-0.25, -0.2) is 0 Å². The van der Waals surface area contributed by atoms with E-state index in [1.54, 1.807) is 23.1 Å². The number of aryl methyl sites for hydroxylation is 1. The Labute approximate surface area is 212 Å². The maximum atomic E-state index is 12.8. The summed E-state index contributed by atoms with van der Waals surface area (Å²) in [6, 6.07) is 14.1. The zero-order valence-corrected chi connectivity index (χ0v) is 21.1. The van der Waals surface area contributed by atoms with Crippen molar-refractivity contribution in [1.29, 1.82) is 0 Å². The molecule has 2 N–H and O–H groups in total. The highest BCUT2D eigenvalue weighted by Gasteiger charge is 2.34. The van der Waals surface area contributed by atoms with Crippen molar-refractivity contribution in [3.05, 3.63) is 64.1 Å². The standard InChI is InChI=1S/C24H26BrN3O5S/c1-32-20-10-9-17(25)14-18(20)22(30)27-24(34)28-12-11-26-23(31)19(28)15-21(29)33-13-5-8-16-6-3-2-4-7-16/h2-4,6-7,9-10,14,19H,5,8,11-13,15H2,1H3,(H,26,31)(H,27,30,34). The van der Waals surface area contributed by atoms with Crippen molar-refractivity contribution in [1.82, 2.24) is 15.5 Å². The third-order valence-corrected chi connectivity index (χ3v) is 6.12. The first kappa shape index (κ1) is 25.6. The minimum Gasteiger partial charge on any atom is -0.496 e. The second-order valence-electron chi connectivity index (χ2n) is 7.62. The van der Waals surface area contributed by atoms with Crippen molar-refractivity contribution >= 4 is 51.0 Å². The Hall–Kier alpha value is -2.98. The highest BCUT2D eigenvalue weighted by atomic mass is 79.9. The maximum absolute atomic E-state index is 12.8. The van der Waals surface area contributed by atoms with Crippen LogP contribution in [0.2, 0.25) is 0 Å². The summed E-state index contributed by atoms with van der Waals surface area (Å²) in [5.74, 6) is -0.932. The van der Waals surface area contributed by atoms with Crippen molar-refractivity contribution in [3.8, 4) is 5.75 Å². The number of methoxy groups -OCH3 is 1. The largest absolute Gasteiger partial charge is 0.496 e. The van der Waals surface area contributed by atoms with Crippen LogP contribution in [0.1, 0.15) is 28.8 Å². The molecule has 0 bridgehead atoms. The van der Waals surface area contributed by atoms with E-state index in [1.807, 2.05) is 30.3 Å². The van der Waals surface area contributed by atoms with Gasteiger partial charge in [0.15, 0.2) is 5.11 Å². The molecule has 1 fully saturated rings. The number of hydrogen-bond acceptors (Lipinski definition) is 6. The Morgan fingerprint density at radius 1 is 1.24 bits per heavy atom. The van der Waals surface area contributed by atoms with Crippen LogP contribution in [-0.2, 0) is 20.7 Å². The number of amides is 2. The van der Waals surface area contributed by atoms with Gasteiger partial charge in [0.1, 0.15) is 11.8 Å². The number of nitrogens with zero attached hydrogens (tertiary/aromatic N) is 1. The highest BCUT2D eigenvalue weighted by Crippen LogP contribution is 2.23. The molecule has 1 unspecified atom stereocenters. The number of esters is 1. The van der Waals surface area contributed by atoms with Gasteiger partial charge in [0.2, 0.25) is 5.91 Å². The average molecular weight is 548 g/mol. The minimum atomic E-state index is -0.868. The first-order chi connectivity index (χ1) is 16.4. The van der Waals surface area contributed by atoms with Crippen molar-refractivity contribution in [2.24, 2.45) is 0 Å². The molecule has 2 amide bonds. The van der Waals surface area contributed by atoms with Gasteiger partial charge in [0.05, 0.1) is 25.7 Å². The Bertz CT molecular complexity index is 1050. The van der Waals surface area contributed by atoms with Gasteiger partial charge in [-0.15, -0.1) is 0 Å². The van der Waals surface area contributed by atoms with Gasteiger partial charge in [0.25, 0.3) is 5.91 Å². The van der Waals surface area contributed by atoms with Gasteiger partial charge in [-0.05, 0) is 48.8 Å². The molecule has 1 aliphatic rings. The van der Waals surface area contributed by atoms with Gasteiger partial charge in [-0.3, -0.25) is 19.7 Å². The molecule has 2 aromatic carbocycles. The highest BCUT2D eigenvalue weighted by molar-refractivity contribution is 9.10. The summed E-state index contributed by atoms with van der Waals surface area (Å²) in [5.41, 5.74) is 1.45. The smallest absolute Gasteiger partial charge is 0.308 e. The van der Waals surface area contributed by atoms with Gasteiger partial charge in [0, 0.05) is 17.6 Å². The zero-order valence-electron chi connectivity index (χ0n) is 18.7. The number of rotatable bonds is 8. The molecule has 0 radical (unpaired) electrons. The summed E-state index contributed by atoms with van der Waals surface area (Å²) in [7, 11) is 1.47. The van der Waals surface area contributed by atoms with Crippen molar-refractivity contribution < 1.29 is 23.9 Å². The average Bonchev–Trinajstić information content (AvgIpc) is 2.83. The van der Waals surface area contributed by atoms with E-state index in [9.17, 15) is 14.4 Å². The molecule has 180 valence electrons. The van der Waals surface area contributed by atoms with E-state index in [1.165, 1.54) is 12.7 Å². The number of carbonyl (C=O) groups is 3. The third kappa shape index (κ3) is 7.01. The van der Waals surface area contributed by atoms with E-state index < -0.39 is 17.9 Å². The number of ether oxygens (including phenoxy) is 2. The number of benzene rings is 2. The lowest BCUT2D eigenvalue weighted by Crippen LogP contribution is -2.60. The monoisotopic (exact) mass is 547 g/mol. The summed E-state index contributed by atoms with van der Waals surface area (Å²) in [4.78, 5) is 39.3. The molecule has 1 atom stereocenters. The topological polar surface area (TPSA) is 97.0 Å². The second-order valence-corrected chi connectivity index (χ2v) is 8.92. The van der Waals surface area contributed by atoms with Crippen LogP contribution in [0.3, 0.4) is 0 Å². The van der Waals surface area contributed by atoms with E-state index in [-0.39, 0.29) is 29.6 Å². The summed E-state index contributed by atoms with van der Waals surface area (Å²) >= 11 is 8.75. The van der Waals surface area contributed by atoms with Crippen LogP contribution < -0.4 is 15.4 Å². The van der Waals surface area contributed by atoms with Gasteiger partial charge < -0.3 is 19.7 Å². The Kier molecular flexibility index (Phi) is 9.41. The Morgan fingerprint density at radius 2 is 2.00 bits per heavy atom. The number of halogens is 1. The number of hydrogen-bond donors (Lipinski definition) is 2. The Morgan fingerprint density at radius 3 is 2.74 bits per heavy atom. The fourth-order valence-corrected chi connectivity index (χ4v) is 4.25. The number of piperazine rings is 1. The minimum absolute atomic E-state index is 0.0590. The first-order valence-corrected chi connectivity index (χ1v) is 12.0. The quantitative estimate of drug-likeness (QED) is 0.298. The second kappa shape index (κ2) is 12.5. The zero-order chi connectivity index (χ0) is 24.5. The first-order valence-electron chi connectivity index (χ1n) is 10.8. The Balaban J connectivity index is 1.56. The SMILES string of the molecule is COc1ccc(Br)cc1C(=O)NC(=S)N1CCNC(=O)C1CC(=O)OCCCc1ccccc1. The molecule has 34 heavy (non-hydrogen) atoms. The number of nitrogens with one attached hydrogen (secondary N) is 2. The molecule has 3 rings (SSSR count). The fraction of sp³-hybridized carbons (Fsp3) is 0.333. The van der Waals surface area contributed by atoms with Crippen LogP contribution >= 0.6 is 28.1 Å². The summed E-state index contributed by atoms with van der Waals surface area (Å²) in [6.07, 6.45) is 1.30. The predicted octanol–water partition coefficient (Wildman–Crippen LogP) is 2.84. The summed E-state index contributed by atoms with van der Waals surface area (Å²) < 4.78 is 11.3. The van der Waals surface area contributed by atoms with Crippen LogP contribution in [0.5, 0.6) is 5.75 Å². The van der Waals surface area contributed by atoms with Crippen LogP contribution in [0.4, 0.5) is 0 Å². The molecule has 0 aromatic heterocycles. The maximum Gasteiger partial charge on any atom is 0.308 e. The fourth-order valence-electron chi connectivity index (χ4n) is 3.58. The summed E-state index contributed by atoms with van der Waals surface area (Å²) in [6.45, 7) is 0.954. The normalized spacial score (nSPS) is 15.3. The van der Waals surface area contributed by atoms with E-state index >= 15 is 0 Å². The molecular weight excluding hydrogens is 522 g/mol. The molecule has 0 saturated carbocycles. The number of thiocarbonyl (C=S) groups is 1. The van der Waals surface area contributed by atoms with Crippen molar-refractivity contribution in [2.75, 3.05) is 26.8 Å². The molecule has 1 aliphatic heterocycles. The van der Waals surface area contributed by atoms with Crippen molar-refractivity contribution in [2.45, 2.75) is 25.3 Å². The number of carbonyl (C=O) groups excluding carboxylic acids is 3.